The predicted octanol–water partition coefficient (Wildman–Crippen LogP) is 4.70. The molecule has 4 heteroatoms. The Morgan fingerprint density at radius 1 is 1.14 bits per heavy atom. The second kappa shape index (κ2) is 6.41. The maximum atomic E-state index is 9.81. The van der Waals surface area contributed by atoms with Crippen molar-refractivity contribution in [3.05, 3.63) is 52.5 Å². The minimum atomic E-state index is 0.0918. The highest BCUT2D eigenvalue weighted by atomic mass is 35.5. The molecule has 1 heterocycles. The fourth-order valence-corrected chi connectivity index (χ4v) is 2.99. The largest absolute Gasteiger partial charge is 0.506 e. The minimum Gasteiger partial charge on any atom is -0.506 e. The number of hydrogen-bond donors (Lipinski definition) is 1. The monoisotopic (exact) mass is 314 g/mol. The zero-order chi connectivity index (χ0) is 15.5. The van der Waals surface area contributed by atoms with Gasteiger partial charge in [0, 0.05) is 36.1 Å². The average molecular weight is 315 g/mol. The Morgan fingerprint density at radius 3 is 2.59 bits per heavy atom. The molecule has 0 atom stereocenters. The molecule has 0 radical (unpaired) electrons. The van der Waals surface area contributed by atoms with E-state index in [1.54, 1.807) is 18.3 Å². The predicted molar refractivity (Wildman–Crippen MR) is 93.0 cm³/mol. The van der Waals surface area contributed by atoms with E-state index >= 15 is 0 Å². The van der Waals surface area contributed by atoms with Crippen molar-refractivity contribution in [3.8, 4) is 5.75 Å². The Bertz CT molecular complexity index is 706. The molecule has 0 bridgehead atoms. The number of aromatic hydroxyl groups is 1. The van der Waals surface area contributed by atoms with Gasteiger partial charge in [-0.2, -0.15) is 0 Å². The van der Waals surface area contributed by atoms with Crippen molar-refractivity contribution in [2.75, 3.05) is 18.0 Å². The number of hydrogen-bond acceptors (Lipinski definition) is 3. The van der Waals surface area contributed by atoms with Gasteiger partial charge in [0.25, 0.3) is 0 Å². The van der Waals surface area contributed by atoms with Crippen LogP contribution in [0.3, 0.4) is 0 Å². The molecule has 2 aromatic carbocycles. The quantitative estimate of drug-likeness (QED) is 0.833. The number of aryl methyl sites for hydroxylation is 1. The number of aliphatic imine (C=N–C) groups is 1. The van der Waals surface area contributed by atoms with Gasteiger partial charge in [0.05, 0.1) is 0 Å². The molecule has 22 heavy (non-hydrogen) atoms. The minimum absolute atomic E-state index is 0.0918. The van der Waals surface area contributed by atoms with Gasteiger partial charge < -0.3 is 10.0 Å². The molecule has 0 amide bonds. The van der Waals surface area contributed by atoms with Gasteiger partial charge in [-0.3, -0.25) is 4.99 Å². The number of halogens is 1. The van der Waals surface area contributed by atoms with E-state index in [4.69, 9.17) is 11.6 Å². The lowest BCUT2D eigenvalue weighted by molar-refractivity contribution is 0.477. The van der Waals surface area contributed by atoms with E-state index in [-0.39, 0.29) is 5.75 Å². The number of phenolic OH excluding ortho intramolecular Hbond substituents is 1. The van der Waals surface area contributed by atoms with Crippen molar-refractivity contribution < 1.29 is 5.11 Å². The van der Waals surface area contributed by atoms with Crippen molar-refractivity contribution >= 4 is 29.2 Å². The molecule has 0 unspecified atom stereocenters. The molecule has 114 valence electrons. The first kappa shape index (κ1) is 14.9. The van der Waals surface area contributed by atoms with E-state index in [9.17, 15) is 5.11 Å². The van der Waals surface area contributed by atoms with Crippen LogP contribution in [0.15, 0.2) is 41.4 Å². The third kappa shape index (κ3) is 3.25. The van der Waals surface area contributed by atoms with Gasteiger partial charge in [-0.25, -0.2) is 0 Å². The molecule has 0 spiro atoms. The molecule has 1 aliphatic heterocycles. The summed E-state index contributed by atoms with van der Waals surface area (Å²) in [4.78, 5) is 6.77. The first-order valence-electron chi connectivity index (χ1n) is 7.52. The first-order chi connectivity index (χ1) is 10.6. The fraction of sp³-hybridized carbons (Fsp3) is 0.278. The highest BCUT2D eigenvalue weighted by molar-refractivity contribution is 6.30. The Labute approximate surface area is 135 Å². The number of nitrogens with zero attached hydrogens (tertiary/aromatic N) is 2. The SMILES string of the molecule is Cc1cc(C=Nc2ccc(Cl)cc2O)ccc1N1CCCC1. The van der Waals surface area contributed by atoms with Crippen molar-refractivity contribution in [2.24, 2.45) is 4.99 Å². The van der Waals surface area contributed by atoms with Gasteiger partial charge in [-0.1, -0.05) is 17.7 Å². The van der Waals surface area contributed by atoms with E-state index in [0.717, 1.165) is 18.7 Å². The van der Waals surface area contributed by atoms with Crippen LogP contribution in [0.1, 0.15) is 24.0 Å². The molecule has 1 fully saturated rings. The van der Waals surface area contributed by atoms with Gasteiger partial charge in [0.1, 0.15) is 11.4 Å². The lowest BCUT2D eigenvalue weighted by atomic mass is 10.1. The standard InChI is InChI=1S/C18H19ClN2O/c1-13-10-14(4-7-17(13)21-8-2-3-9-21)12-20-16-6-5-15(19)11-18(16)22/h4-7,10-12,22H,2-3,8-9H2,1H3. The summed E-state index contributed by atoms with van der Waals surface area (Å²) in [6, 6.07) is 11.3. The number of anilines is 1. The van der Waals surface area contributed by atoms with Crippen molar-refractivity contribution in [3.63, 3.8) is 0 Å². The average Bonchev–Trinajstić information content (AvgIpc) is 3.00. The number of phenols is 1. The molecule has 0 saturated carbocycles. The van der Waals surface area contributed by atoms with Crippen LogP contribution in [-0.4, -0.2) is 24.4 Å². The number of benzene rings is 2. The lowest BCUT2D eigenvalue weighted by Gasteiger charge is -2.20. The van der Waals surface area contributed by atoms with E-state index < -0.39 is 0 Å². The van der Waals surface area contributed by atoms with Crippen LogP contribution in [0, 0.1) is 6.92 Å². The summed E-state index contributed by atoms with van der Waals surface area (Å²) in [6.45, 7) is 4.42. The van der Waals surface area contributed by atoms with Crippen LogP contribution in [0.2, 0.25) is 5.02 Å². The Balaban J connectivity index is 1.80. The van der Waals surface area contributed by atoms with Gasteiger partial charge in [-0.15, -0.1) is 0 Å². The fourth-order valence-electron chi connectivity index (χ4n) is 2.82. The highest BCUT2D eigenvalue weighted by Crippen LogP contribution is 2.29. The summed E-state index contributed by atoms with van der Waals surface area (Å²) >= 11 is 5.82. The Hall–Kier alpha value is -2.00. The highest BCUT2D eigenvalue weighted by Gasteiger charge is 2.13. The van der Waals surface area contributed by atoms with Crippen LogP contribution in [0.5, 0.6) is 5.75 Å². The summed E-state index contributed by atoms with van der Waals surface area (Å²) < 4.78 is 0. The Morgan fingerprint density at radius 2 is 1.91 bits per heavy atom. The molecular weight excluding hydrogens is 296 g/mol. The van der Waals surface area contributed by atoms with Gasteiger partial charge in [0.2, 0.25) is 0 Å². The van der Waals surface area contributed by atoms with Crippen LogP contribution < -0.4 is 4.90 Å². The molecule has 1 saturated heterocycles. The molecular formula is C18H19ClN2O. The summed E-state index contributed by atoms with van der Waals surface area (Å²) in [6.07, 6.45) is 4.32. The maximum absolute atomic E-state index is 9.81. The molecule has 0 aromatic heterocycles. The number of rotatable bonds is 3. The van der Waals surface area contributed by atoms with Crippen LogP contribution >= 0.6 is 11.6 Å². The smallest absolute Gasteiger partial charge is 0.142 e. The Kier molecular flexibility index (Phi) is 4.34. The lowest BCUT2D eigenvalue weighted by Crippen LogP contribution is -2.18. The van der Waals surface area contributed by atoms with Gasteiger partial charge >= 0.3 is 0 Å². The zero-order valence-electron chi connectivity index (χ0n) is 12.6. The third-order valence-electron chi connectivity index (χ3n) is 3.96. The van der Waals surface area contributed by atoms with E-state index in [0.29, 0.717) is 10.7 Å². The van der Waals surface area contributed by atoms with E-state index in [1.165, 1.54) is 30.2 Å². The molecule has 1 N–H and O–H groups in total. The van der Waals surface area contributed by atoms with Crippen LogP contribution in [-0.2, 0) is 0 Å². The van der Waals surface area contributed by atoms with E-state index in [1.807, 2.05) is 0 Å². The summed E-state index contributed by atoms with van der Waals surface area (Å²) in [5, 5.41) is 10.3. The van der Waals surface area contributed by atoms with Crippen molar-refractivity contribution in [1.29, 1.82) is 0 Å². The van der Waals surface area contributed by atoms with Crippen LogP contribution in [0.4, 0.5) is 11.4 Å². The second-order valence-electron chi connectivity index (χ2n) is 5.63. The zero-order valence-corrected chi connectivity index (χ0v) is 13.3. The van der Waals surface area contributed by atoms with Gasteiger partial charge in [0.15, 0.2) is 0 Å². The molecule has 2 aromatic rings. The molecule has 0 aliphatic carbocycles. The summed E-state index contributed by atoms with van der Waals surface area (Å²) in [5.74, 6) is 0.0918. The maximum Gasteiger partial charge on any atom is 0.142 e. The molecule has 3 rings (SSSR count). The summed E-state index contributed by atoms with van der Waals surface area (Å²) in [7, 11) is 0. The van der Waals surface area contributed by atoms with Crippen molar-refractivity contribution in [1.82, 2.24) is 0 Å². The second-order valence-corrected chi connectivity index (χ2v) is 6.07. The third-order valence-corrected chi connectivity index (χ3v) is 4.19. The molecule has 1 aliphatic rings. The normalized spacial score (nSPS) is 14.9. The van der Waals surface area contributed by atoms with Crippen molar-refractivity contribution in [2.45, 2.75) is 19.8 Å². The topological polar surface area (TPSA) is 35.8 Å². The van der Waals surface area contributed by atoms with Crippen LogP contribution in [0.25, 0.3) is 0 Å². The van der Waals surface area contributed by atoms with E-state index in [2.05, 4.69) is 35.0 Å². The van der Waals surface area contributed by atoms with Gasteiger partial charge in [-0.05, 0) is 55.2 Å². The molecule has 3 nitrogen and oxygen atoms in total. The summed E-state index contributed by atoms with van der Waals surface area (Å²) in [5.41, 5.74) is 4.11. The first-order valence-corrected chi connectivity index (χ1v) is 7.89.